The predicted molar refractivity (Wildman–Crippen MR) is 221 cm³/mol. The first-order chi connectivity index (χ1) is 24.6. The molecule has 1 heterocycles. The van der Waals surface area contributed by atoms with E-state index in [1.54, 1.807) is 0 Å². The molecule has 260 valence electrons. The molecule has 0 spiro atoms. The maximum absolute atomic E-state index is 6.95. The van der Waals surface area contributed by atoms with Crippen LogP contribution >= 0.6 is 0 Å². The molecule has 7 aromatic rings. The summed E-state index contributed by atoms with van der Waals surface area (Å²) in [6.45, 7) is 23.4. The summed E-state index contributed by atoms with van der Waals surface area (Å²) < 4.78 is 6.95. The zero-order chi connectivity index (χ0) is 36.5. The normalized spacial score (nSPS) is 15.4. The van der Waals surface area contributed by atoms with Crippen LogP contribution in [0.15, 0.2) is 120 Å². The summed E-state index contributed by atoms with van der Waals surface area (Å²) in [5.74, 6) is 0. The van der Waals surface area contributed by atoms with Gasteiger partial charge in [-0.1, -0.05) is 148 Å². The maximum Gasteiger partial charge on any atom is 0.139 e. The van der Waals surface area contributed by atoms with Gasteiger partial charge in [-0.3, -0.25) is 0 Å². The lowest BCUT2D eigenvalue weighted by atomic mass is 9.79. The largest absolute Gasteiger partial charge is 0.456 e. The highest BCUT2D eigenvalue weighted by Gasteiger charge is 2.40. The highest BCUT2D eigenvalue weighted by atomic mass is 16.3. The Morgan fingerprint density at radius 1 is 0.519 bits per heavy atom. The molecule has 0 saturated carbocycles. The number of benzene rings is 6. The lowest BCUT2D eigenvalue weighted by molar-refractivity contribution is 0.559. The standard InChI is InChI=1S/C50H49NO/c1-47(2,3)30-27-36-44-41(22-16-24-43(44)52-46(36)40(28-30)48(4,5)6)51(31-25-26-34-32-17-11-13-20-37(32)49(7,8)39(34)29-31)42-23-15-19-35-33-18-12-14-21-38(33)50(9,10)45(35)42/h11-29H,1-10H3. The Labute approximate surface area is 309 Å². The number of hydrogen-bond donors (Lipinski definition) is 0. The molecule has 0 atom stereocenters. The van der Waals surface area contributed by atoms with Crippen LogP contribution in [0.3, 0.4) is 0 Å². The van der Waals surface area contributed by atoms with Crippen molar-refractivity contribution in [3.05, 3.63) is 149 Å². The minimum atomic E-state index is -0.196. The van der Waals surface area contributed by atoms with Crippen molar-refractivity contribution in [3.63, 3.8) is 0 Å². The Hall–Kier alpha value is -5.08. The second-order valence-corrected chi connectivity index (χ2v) is 18.3. The first-order valence-electron chi connectivity index (χ1n) is 18.9. The van der Waals surface area contributed by atoms with Crippen LogP contribution in [0.25, 0.3) is 44.2 Å². The molecule has 2 aliphatic rings. The lowest BCUT2D eigenvalue weighted by Gasteiger charge is -2.33. The number of nitrogens with zero attached hydrogens (tertiary/aromatic N) is 1. The molecule has 2 aliphatic carbocycles. The van der Waals surface area contributed by atoms with E-state index in [1.807, 2.05) is 0 Å². The second-order valence-electron chi connectivity index (χ2n) is 18.3. The van der Waals surface area contributed by atoms with Gasteiger partial charge in [-0.15, -0.1) is 0 Å². The van der Waals surface area contributed by atoms with E-state index >= 15 is 0 Å². The van der Waals surface area contributed by atoms with Gasteiger partial charge < -0.3 is 9.32 Å². The van der Waals surface area contributed by atoms with E-state index in [0.29, 0.717) is 0 Å². The van der Waals surface area contributed by atoms with Gasteiger partial charge in [0.05, 0.1) is 16.8 Å². The Bertz CT molecular complexity index is 2600. The van der Waals surface area contributed by atoms with E-state index in [1.165, 1.54) is 66.7 Å². The Morgan fingerprint density at radius 3 is 1.81 bits per heavy atom. The third-order valence-corrected chi connectivity index (χ3v) is 12.1. The highest BCUT2D eigenvalue weighted by molar-refractivity contribution is 6.15. The molecule has 0 saturated heterocycles. The highest BCUT2D eigenvalue weighted by Crippen LogP contribution is 2.57. The zero-order valence-electron chi connectivity index (χ0n) is 32.3. The number of hydrogen-bond acceptors (Lipinski definition) is 2. The molecule has 0 amide bonds. The molecule has 2 nitrogen and oxygen atoms in total. The van der Waals surface area contributed by atoms with Crippen molar-refractivity contribution in [2.24, 2.45) is 0 Å². The first-order valence-corrected chi connectivity index (χ1v) is 18.9. The first kappa shape index (κ1) is 32.8. The summed E-state index contributed by atoms with van der Waals surface area (Å²) in [5, 5.41) is 2.33. The van der Waals surface area contributed by atoms with Gasteiger partial charge in [0, 0.05) is 27.5 Å². The van der Waals surface area contributed by atoms with Crippen LogP contribution < -0.4 is 4.90 Å². The molecule has 1 aromatic heterocycles. The molecule has 0 aliphatic heterocycles. The predicted octanol–water partition coefficient (Wildman–Crippen LogP) is 14.3. The minimum absolute atomic E-state index is 0.0248. The van der Waals surface area contributed by atoms with E-state index < -0.39 is 0 Å². The quantitative estimate of drug-likeness (QED) is 0.185. The molecule has 9 rings (SSSR count). The summed E-state index contributed by atoms with van der Waals surface area (Å²) in [5.41, 5.74) is 18.3. The average Bonchev–Trinajstić information content (AvgIpc) is 3.68. The van der Waals surface area contributed by atoms with E-state index in [4.69, 9.17) is 4.42 Å². The molecule has 0 fully saturated rings. The van der Waals surface area contributed by atoms with Gasteiger partial charge >= 0.3 is 0 Å². The van der Waals surface area contributed by atoms with Crippen molar-refractivity contribution in [1.29, 1.82) is 0 Å². The fraction of sp³-hybridized carbons (Fsp3) is 0.280. The third-order valence-electron chi connectivity index (χ3n) is 12.1. The van der Waals surface area contributed by atoms with Gasteiger partial charge in [0.2, 0.25) is 0 Å². The molecule has 2 heteroatoms. The number of fused-ring (bicyclic) bond motifs is 9. The van der Waals surface area contributed by atoms with Crippen LogP contribution in [0.4, 0.5) is 17.1 Å². The molecule has 0 N–H and O–H groups in total. The number of rotatable bonds is 3. The second kappa shape index (κ2) is 10.7. The number of anilines is 3. The molecular formula is C50H49NO. The van der Waals surface area contributed by atoms with Crippen LogP contribution in [-0.4, -0.2) is 0 Å². The summed E-state index contributed by atoms with van der Waals surface area (Å²) in [4.78, 5) is 2.55. The van der Waals surface area contributed by atoms with Crippen molar-refractivity contribution in [1.82, 2.24) is 0 Å². The van der Waals surface area contributed by atoms with Gasteiger partial charge in [0.15, 0.2) is 0 Å². The van der Waals surface area contributed by atoms with Crippen LogP contribution in [0.2, 0.25) is 0 Å². The van der Waals surface area contributed by atoms with Crippen LogP contribution in [0, 0.1) is 0 Å². The van der Waals surface area contributed by atoms with Gasteiger partial charge in [-0.2, -0.15) is 0 Å². The summed E-state index contributed by atoms with van der Waals surface area (Å²) in [7, 11) is 0. The summed E-state index contributed by atoms with van der Waals surface area (Å²) >= 11 is 0. The van der Waals surface area contributed by atoms with E-state index in [9.17, 15) is 0 Å². The van der Waals surface area contributed by atoms with E-state index in [2.05, 4.69) is 189 Å². The van der Waals surface area contributed by atoms with Gasteiger partial charge in [0.25, 0.3) is 0 Å². The fourth-order valence-corrected chi connectivity index (χ4v) is 9.33. The molecule has 0 unspecified atom stereocenters. The number of furan rings is 1. The average molecular weight is 680 g/mol. The van der Waals surface area contributed by atoms with Gasteiger partial charge in [-0.25, -0.2) is 0 Å². The van der Waals surface area contributed by atoms with Crippen LogP contribution in [-0.2, 0) is 21.7 Å². The summed E-state index contributed by atoms with van der Waals surface area (Å²) in [6, 6.07) is 43.3. The van der Waals surface area contributed by atoms with Crippen LogP contribution in [0.1, 0.15) is 103 Å². The van der Waals surface area contributed by atoms with E-state index in [-0.39, 0.29) is 21.7 Å². The van der Waals surface area contributed by atoms with E-state index in [0.717, 1.165) is 27.9 Å². The van der Waals surface area contributed by atoms with Crippen LogP contribution in [0.5, 0.6) is 0 Å². The fourth-order valence-electron chi connectivity index (χ4n) is 9.33. The Balaban J connectivity index is 1.39. The zero-order valence-corrected chi connectivity index (χ0v) is 32.3. The lowest BCUT2D eigenvalue weighted by Crippen LogP contribution is -2.21. The molecule has 0 bridgehead atoms. The van der Waals surface area contributed by atoms with Crippen molar-refractivity contribution in [2.75, 3.05) is 4.90 Å². The Morgan fingerprint density at radius 2 is 1.12 bits per heavy atom. The van der Waals surface area contributed by atoms with Gasteiger partial charge in [-0.05, 0) is 97.3 Å². The summed E-state index contributed by atoms with van der Waals surface area (Å²) in [6.07, 6.45) is 0. The molecule has 52 heavy (non-hydrogen) atoms. The van der Waals surface area contributed by atoms with Crippen molar-refractivity contribution >= 4 is 39.0 Å². The molecule has 6 aromatic carbocycles. The maximum atomic E-state index is 6.95. The molecular weight excluding hydrogens is 631 g/mol. The van der Waals surface area contributed by atoms with Crippen molar-refractivity contribution in [3.8, 4) is 22.3 Å². The van der Waals surface area contributed by atoms with Crippen molar-refractivity contribution in [2.45, 2.75) is 90.9 Å². The smallest absolute Gasteiger partial charge is 0.139 e. The third kappa shape index (κ3) is 4.56. The van der Waals surface area contributed by atoms with Gasteiger partial charge in [0.1, 0.15) is 11.2 Å². The topological polar surface area (TPSA) is 16.4 Å². The SMILES string of the molecule is CC(C)(C)c1cc(C(C)(C)C)c2oc3cccc(N(c4ccc5c(c4)C(C)(C)c4ccccc4-5)c4cccc5c4C(C)(C)c4ccccc4-5)c3c2c1. The monoisotopic (exact) mass is 679 g/mol. The molecule has 0 radical (unpaired) electrons. The Kier molecular flexibility index (Phi) is 6.77. The minimum Gasteiger partial charge on any atom is -0.456 e. The van der Waals surface area contributed by atoms with Crippen molar-refractivity contribution < 1.29 is 4.42 Å².